The van der Waals surface area contributed by atoms with Crippen LogP contribution in [0.15, 0.2) is 0 Å². The monoisotopic (exact) mass is 345 g/mol. The summed E-state index contributed by atoms with van der Waals surface area (Å²) in [7, 11) is 0.106. The maximum Gasteiger partial charge on any atom is 0.191 e. The lowest BCUT2D eigenvalue weighted by molar-refractivity contribution is -0.0589. The minimum absolute atomic E-state index is 0.0908. The molecule has 0 amide bonds. The minimum atomic E-state index is -1.69. The third-order valence-corrected chi connectivity index (χ3v) is 9.68. The van der Waals surface area contributed by atoms with Crippen LogP contribution in [0, 0.1) is 11.8 Å². The Morgan fingerprint density at radius 1 is 0.957 bits per heavy atom. The van der Waals surface area contributed by atoms with Crippen molar-refractivity contribution >= 4 is 8.32 Å². The summed E-state index contributed by atoms with van der Waals surface area (Å²) in [4.78, 5) is 2.40. The lowest BCUT2D eigenvalue weighted by Crippen LogP contribution is -2.42. The number of nitrogens with zero attached hydrogens (tertiary/aromatic N) is 1. The smallest absolute Gasteiger partial charge is 0.191 e. The van der Waals surface area contributed by atoms with Crippen LogP contribution in [0.2, 0.25) is 18.1 Å². The van der Waals surface area contributed by atoms with Crippen LogP contribution in [0.25, 0.3) is 0 Å². The molecule has 0 saturated carbocycles. The van der Waals surface area contributed by atoms with Crippen molar-refractivity contribution in [3.05, 3.63) is 0 Å². The molecule has 2 atom stereocenters. The molecule has 1 saturated heterocycles. The second kappa shape index (κ2) is 7.96. The van der Waals surface area contributed by atoms with Gasteiger partial charge < -0.3 is 13.9 Å². The first-order valence-corrected chi connectivity index (χ1v) is 11.8. The highest BCUT2D eigenvalue weighted by molar-refractivity contribution is 6.74. The third kappa shape index (κ3) is 6.82. The van der Waals surface area contributed by atoms with Crippen molar-refractivity contribution in [2.75, 3.05) is 40.1 Å². The molecular weight excluding hydrogens is 306 g/mol. The highest BCUT2D eigenvalue weighted by Gasteiger charge is 2.40. The molecular formula is C18H39NO3Si. The summed E-state index contributed by atoms with van der Waals surface area (Å²) in [5, 5.41) is 0.261. The number of rotatable bonds is 7. The van der Waals surface area contributed by atoms with Crippen molar-refractivity contribution in [2.24, 2.45) is 11.8 Å². The molecule has 1 fully saturated rings. The molecule has 0 N–H and O–H groups in total. The maximum absolute atomic E-state index is 6.46. The lowest BCUT2D eigenvalue weighted by atomic mass is 9.98. The Morgan fingerprint density at radius 2 is 1.48 bits per heavy atom. The van der Waals surface area contributed by atoms with E-state index in [1.54, 1.807) is 7.11 Å². The first kappa shape index (κ1) is 21.1. The van der Waals surface area contributed by atoms with Crippen molar-refractivity contribution < 1.29 is 13.9 Å². The normalized spacial score (nSPS) is 24.4. The van der Waals surface area contributed by atoms with E-state index in [2.05, 4.69) is 59.5 Å². The summed E-state index contributed by atoms with van der Waals surface area (Å²) in [6.45, 7) is 22.3. The number of hydrogen-bond donors (Lipinski definition) is 0. The van der Waals surface area contributed by atoms with Crippen LogP contribution in [0.3, 0.4) is 0 Å². The zero-order valence-electron chi connectivity index (χ0n) is 16.9. The van der Waals surface area contributed by atoms with Gasteiger partial charge in [-0.05, 0) is 38.9 Å². The molecule has 0 spiro atoms. The Kier molecular flexibility index (Phi) is 7.30. The van der Waals surface area contributed by atoms with Crippen LogP contribution in [0.1, 0.15) is 41.5 Å². The summed E-state index contributed by atoms with van der Waals surface area (Å²) < 4.78 is 17.8. The van der Waals surface area contributed by atoms with E-state index in [1.807, 2.05) is 0 Å². The van der Waals surface area contributed by atoms with Crippen LogP contribution in [0.4, 0.5) is 0 Å². The quantitative estimate of drug-likeness (QED) is 0.653. The molecule has 23 heavy (non-hydrogen) atoms. The Labute approximate surface area is 145 Å². The molecule has 0 aromatic heterocycles. The molecule has 1 rings (SSSR count). The minimum Gasteiger partial charge on any atom is -0.416 e. The van der Waals surface area contributed by atoms with E-state index in [1.165, 1.54) is 0 Å². The van der Waals surface area contributed by atoms with Gasteiger partial charge in [0.2, 0.25) is 0 Å². The highest BCUT2D eigenvalue weighted by Crippen LogP contribution is 2.37. The van der Waals surface area contributed by atoms with Gasteiger partial charge in [0.1, 0.15) is 0 Å². The van der Waals surface area contributed by atoms with Gasteiger partial charge in [0, 0.05) is 38.6 Å². The van der Waals surface area contributed by atoms with Gasteiger partial charge in [-0.15, -0.1) is 0 Å². The average Bonchev–Trinajstić information content (AvgIpc) is 2.75. The predicted octanol–water partition coefficient (Wildman–Crippen LogP) is 3.98. The Balaban J connectivity index is 2.58. The maximum atomic E-state index is 6.46. The van der Waals surface area contributed by atoms with E-state index < -0.39 is 8.32 Å². The first-order chi connectivity index (χ1) is 10.4. The van der Waals surface area contributed by atoms with E-state index in [0.29, 0.717) is 18.6 Å². The van der Waals surface area contributed by atoms with E-state index in [-0.39, 0.29) is 10.6 Å². The first-order valence-electron chi connectivity index (χ1n) is 8.85. The topological polar surface area (TPSA) is 30.9 Å². The summed E-state index contributed by atoms with van der Waals surface area (Å²) in [6.07, 6.45) is 0. The Bertz CT molecular complexity index is 360. The van der Waals surface area contributed by atoms with Gasteiger partial charge in [-0.2, -0.15) is 0 Å². The van der Waals surface area contributed by atoms with Crippen molar-refractivity contribution in [3.63, 3.8) is 0 Å². The average molecular weight is 346 g/mol. The molecule has 5 heteroatoms. The van der Waals surface area contributed by atoms with Crippen LogP contribution >= 0.6 is 0 Å². The second-order valence-electron chi connectivity index (χ2n) is 9.47. The lowest BCUT2D eigenvalue weighted by Gasteiger charge is -2.37. The Hall–Kier alpha value is 0.0569. The second-order valence-corrected chi connectivity index (χ2v) is 14.3. The van der Waals surface area contributed by atoms with Crippen LogP contribution in [-0.4, -0.2) is 59.0 Å². The SMILES string of the molecule is COCC1CN(COC(C)(C)C)CC1CO[Si](C)(C)C(C)(C)C. The predicted molar refractivity (Wildman–Crippen MR) is 99.3 cm³/mol. The molecule has 0 aromatic carbocycles. The van der Waals surface area contributed by atoms with Gasteiger partial charge in [0.15, 0.2) is 8.32 Å². The van der Waals surface area contributed by atoms with Gasteiger partial charge in [0.25, 0.3) is 0 Å². The summed E-state index contributed by atoms with van der Waals surface area (Å²) in [5.74, 6) is 1.07. The molecule has 2 unspecified atom stereocenters. The Morgan fingerprint density at radius 3 is 1.91 bits per heavy atom. The zero-order valence-corrected chi connectivity index (χ0v) is 17.9. The van der Waals surface area contributed by atoms with E-state index in [9.17, 15) is 0 Å². The number of hydrogen-bond acceptors (Lipinski definition) is 4. The zero-order chi connectivity index (χ0) is 17.9. The van der Waals surface area contributed by atoms with Gasteiger partial charge in [-0.1, -0.05) is 20.8 Å². The van der Waals surface area contributed by atoms with E-state index in [0.717, 1.165) is 26.3 Å². The van der Waals surface area contributed by atoms with Crippen LogP contribution in [-0.2, 0) is 13.9 Å². The summed E-state index contributed by atoms with van der Waals surface area (Å²) >= 11 is 0. The molecule has 0 aromatic rings. The number of likely N-dealkylation sites (tertiary alicyclic amines) is 1. The van der Waals surface area contributed by atoms with Crippen molar-refractivity contribution in [2.45, 2.75) is 65.3 Å². The van der Waals surface area contributed by atoms with Gasteiger partial charge >= 0.3 is 0 Å². The molecule has 1 heterocycles. The van der Waals surface area contributed by atoms with E-state index >= 15 is 0 Å². The van der Waals surface area contributed by atoms with Crippen molar-refractivity contribution in [3.8, 4) is 0 Å². The number of ether oxygens (including phenoxy) is 2. The van der Waals surface area contributed by atoms with E-state index in [4.69, 9.17) is 13.9 Å². The highest BCUT2D eigenvalue weighted by atomic mass is 28.4. The molecule has 0 bridgehead atoms. The molecule has 0 aliphatic carbocycles. The fraction of sp³-hybridized carbons (Fsp3) is 1.00. The summed E-state index contributed by atoms with van der Waals surface area (Å²) in [6, 6.07) is 0. The summed E-state index contributed by atoms with van der Waals surface area (Å²) in [5.41, 5.74) is -0.0908. The fourth-order valence-electron chi connectivity index (χ4n) is 2.55. The number of methoxy groups -OCH3 is 1. The van der Waals surface area contributed by atoms with Crippen LogP contribution < -0.4 is 0 Å². The van der Waals surface area contributed by atoms with Crippen molar-refractivity contribution in [1.82, 2.24) is 4.90 Å². The largest absolute Gasteiger partial charge is 0.416 e. The van der Waals surface area contributed by atoms with Gasteiger partial charge in [-0.25, -0.2) is 0 Å². The van der Waals surface area contributed by atoms with Crippen LogP contribution in [0.5, 0.6) is 0 Å². The molecule has 4 nitrogen and oxygen atoms in total. The van der Waals surface area contributed by atoms with Gasteiger partial charge in [0.05, 0.1) is 18.9 Å². The third-order valence-electron chi connectivity index (χ3n) is 5.18. The molecule has 1 aliphatic heterocycles. The molecule has 138 valence electrons. The standard InChI is InChI=1S/C18H39NO3Si/c1-17(2,3)21-14-19-10-15(12-20-7)16(11-19)13-22-23(8,9)18(4,5)6/h15-16H,10-14H2,1-9H3. The molecule has 1 aliphatic rings. The van der Waals surface area contributed by atoms with Gasteiger partial charge in [-0.3, -0.25) is 4.90 Å². The van der Waals surface area contributed by atoms with Crippen molar-refractivity contribution in [1.29, 1.82) is 0 Å². The fourth-order valence-corrected chi connectivity index (χ4v) is 3.61. The molecule has 0 radical (unpaired) electrons.